The van der Waals surface area contributed by atoms with E-state index in [-0.39, 0.29) is 17.6 Å². The fourth-order valence-corrected chi connectivity index (χ4v) is 4.13. The van der Waals surface area contributed by atoms with Crippen molar-refractivity contribution in [1.82, 2.24) is 4.90 Å². The van der Waals surface area contributed by atoms with E-state index in [0.29, 0.717) is 5.56 Å². The molecule has 0 amide bonds. The molecule has 0 fully saturated rings. The molecule has 1 atom stereocenters. The zero-order chi connectivity index (χ0) is 16.2. The van der Waals surface area contributed by atoms with Crippen LogP contribution in [-0.2, 0) is 12.8 Å². The number of Topliss-reactive ketones (excluding diaryl/α,β-unsaturated/α-hetero) is 1. The Hall–Kier alpha value is -1.65. The molecule has 1 aromatic heterocycles. The van der Waals surface area contributed by atoms with Gasteiger partial charge in [0, 0.05) is 22.5 Å². The highest BCUT2D eigenvalue weighted by atomic mass is 32.1. The van der Waals surface area contributed by atoms with Gasteiger partial charge in [0.15, 0.2) is 5.78 Å². The van der Waals surface area contributed by atoms with E-state index in [4.69, 9.17) is 0 Å². The van der Waals surface area contributed by atoms with Gasteiger partial charge in [0.2, 0.25) is 0 Å². The molecule has 0 bridgehead atoms. The van der Waals surface area contributed by atoms with Crippen LogP contribution in [0.15, 0.2) is 35.7 Å². The summed E-state index contributed by atoms with van der Waals surface area (Å²) in [5.74, 6) is 0.428. The van der Waals surface area contributed by atoms with Crippen molar-refractivity contribution in [3.05, 3.63) is 51.7 Å². The van der Waals surface area contributed by atoms with E-state index in [9.17, 15) is 9.90 Å². The fourth-order valence-electron chi connectivity index (χ4n) is 3.43. The van der Waals surface area contributed by atoms with Gasteiger partial charge in [0.05, 0.1) is 6.04 Å². The third-order valence-corrected chi connectivity index (χ3v) is 5.50. The lowest BCUT2D eigenvalue weighted by molar-refractivity contribution is 0.0788. The highest BCUT2D eigenvalue weighted by Crippen LogP contribution is 2.31. The van der Waals surface area contributed by atoms with Crippen LogP contribution in [0.25, 0.3) is 0 Å². The van der Waals surface area contributed by atoms with Crippen molar-refractivity contribution >= 4 is 17.1 Å². The Kier molecular flexibility index (Phi) is 5.13. The Balaban J connectivity index is 1.76. The van der Waals surface area contributed by atoms with Crippen LogP contribution < -0.4 is 0 Å². The monoisotopic (exact) mass is 329 g/mol. The Morgan fingerprint density at radius 3 is 2.87 bits per heavy atom. The number of hydrogen-bond acceptors (Lipinski definition) is 4. The second-order valence-corrected chi connectivity index (χ2v) is 7.12. The summed E-state index contributed by atoms with van der Waals surface area (Å²) in [4.78, 5) is 16.6. The largest absolute Gasteiger partial charge is 0.508 e. The van der Waals surface area contributed by atoms with E-state index in [1.54, 1.807) is 23.5 Å². The normalized spacial score (nSPS) is 17.5. The van der Waals surface area contributed by atoms with Crippen molar-refractivity contribution in [2.45, 2.75) is 38.6 Å². The van der Waals surface area contributed by atoms with Gasteiger partial charge in [-0.3, -0.25) is 9.69 Å². The van der Waals surface area contributed by atoms with Gasteiger partial charge in [-0.2, -0.15) is 0 Å². The third-order valence-electron chi connectivity index (χ3n) is 4.56. The number of nitrogens with zero attached hydrogens (tertiary/aromatic N) is 1. The number of benzene rings is 1. The zero-order valence-corrected chi connectivity index (χ0v) is 14.3. The lowest BCUT2D eigenvalue weighted by Crippen LogP contribution is -2.45. The molecule has 0 radical (unpaired) electrons. The summed E-state index contributed by atoms with van der Waals surface area (Å²) in [5, 5.41) is 12.1. The lowest BCUT2D eigenvalue weighted by atomic mass is 9.85. The highest BCUT2D eigenvalue weighted by molar-refractivity contribution is 7.09. The lowest BCUT2D eigenvalue weighted by Gasteiger charge is -2.34. The van der Waals surface area contributed by atoms with Crippen LogP contribution in [0.1, 0.15) is 40.6 Å². The van der Waals surface area contributed by atoms with Crippen LogP contribution in [0.3, 0.4) is 0 Å². The predicted octanol–water partition coefficient (Wildman–Crippen LogP) is 3.91. The summed E-state index contributed by atoms with van der Waals surface area (Å²) in [6, 6.07) is 9.48. The van der Waals surface area contributed by atoms with Crippen LogP contribution in [0.5, 0.6) is 5.75 Å². The molecule has 2 aromatic rings. The highest BCUT2D eigenvalue weighted by Gasteiger charge is 2.32. The maximum atomic E-state index is 12.9. The number of thiophene rings is 1. The number of fused-ring (bicyclic) bond motifs is 1. The number of carbonyl (C=O) groups excluding carboxylic acids is 1. The molecule has 4 heteroatoms. The maximum Gasteiger partial charge on any atom is 0.180 e. The Labute approximate surface area is 141 Å². The first-order chi connectivity index (χ1) is 11.2. The quantitative estimate of drug-likeness (QED) is 0.873. The van der Waals surface area contributed by atoms with E-state index < -0.39 is 0 Å². The van der Waals surface area contributed by atoms with E-state index in [1.165, 1.54) is 4.88 Å². The molecule has 23 heavy (non-hydrogen) atoms. The average Bonchev–Trinajstić information content (AvgIpc) is 3.06. The fraction of sp³-hybridized carbons (Fsp3) is 0.421. The van der Waals surface area contributed by atoms with E-state index in [2.05, 4.69) is 29.3 Å². The first-order valence-electron chi connectivity index (χ1n) is 8.32. The second kappa shape index (κ2) is 7.28. The summed E-state index contributed by atoms with van der Waals surface area (Å²) >= 11 is 1.78. The van der Waals surface area contributed by atoms with Gasteiger partial charge in [-0.25, -0.2) is 0 Å². The van der Waals surface area contributed by atoms with Crippen LogP contribution in [0.4, 0.5) is 0 Å². The molecule has 122 valence electrons. The van der Waals surface area contributed by atoms with Crippen molar-refractivity contribution in [1.29, 1.82) is 0 Å². The average molecular weight is 329 g/mol. The molecule has 0 unspecified atom stereocenters. The number of hydrogen-bond donors (Lipinski definition) is 1. The van der Waals surface area contributed by atoms with Crippen molar-refractivity contribution in [2.24, 2.45) is 0 Å². The van der Waals surface area contributed by atoms with Gasteiger partial charge in [0.1, 0.15) is 5.75 Å². The van der Waals surface area contributed by atoms with Crippen molar-refractivity contribution in [3.63, 3.8) is 0 Å². The van der Waals surface area contributed by atoms with E-state index >= 15 is 0 Å². The molecular formula is C19H23NO2S. The molecule has 1 aromatic carbocycles. The smallest absolute Gasteiger partial charge is 0.180 e. The predicted molar refractivity (Wildman–Crippen MR) is 94.4 cm³/mol. The van der Waals surface area contributed by atoms with Crippen LogP contribution in [0.2, 0.25) is 0 Å². The molecule has 0 saturated carbocycles. The minimum Gasteiger partial charge on any atom is -0.508 e. The van der Waals surface area contributed by atoms with Crippen molar-refractivity contribution in [3.8, 4) is 5.75 Å². The maximum absolute atomic E-state index is 12.9. The Morgan fingerprint density at radius 1 is 1.26 bits per heavy atom. The van der Waals surface area contributed by atoms with Gasteiger partial charge in [-0.1, -0.05) is 25.1 Å². The molecule has 0 spiro atoms. The molecule has 3 nitrogen and oxygen atoms in total. The SMILES string of the molecule is CCCN(CCc1cccs1)[C@H]1CCc2c(O)cccc2C1=O. The number of carbonyl (C=O) groups is 1. The zero-order valence-electron chi connectivity index (χ0n) is 13.5. The number of ketones is 1. The van der Waals surface area contributed by atoms with Crippen molar-refractivity contribution in [2.75, 3.05) is 13.1 Å². The summed E-state index contributed by atoms with van der Waals surface area (Å²) in [6.45, 7) is 4.01. The molecule has 3 rings (SSSR count). The molecular weight excluding hydrogens is 306 g/mol. The molecule has 0 saturated heterocycles. The van der Waals surface area contributed by atoms with Gasteiger partial charge >= 0.3 is 0 Å². The van der Waals surface area contributed by atoms with Gasteiger partial charge in [-0.05, 0) is 49.7 Å². The number of phenolic OH excluding ortho intramolecular Hbond substituents is 1. The molecule has 1 aliphatic carbocycles. The number of aromatic hydroxyl groups is 1. The number of rotatable bonds is 6. The van der Waals surface area contributed by atoms with Gasteiger partial charge in [0.25, 0.3) is 0 Å². The molecule has 1 aliphatic rings. The standard InChI is InChI=1S/C19H23NO2S/c1-2-11-20(12-10-14-5-4-13-23-14)17-9-8-15-16(19(17)22)6-3-7-18(15)21/h3-7,13,17,21H,2,8-12H2,1H3/t17-/m0/s1. The van der Waals surface area contributed by atoms with Gasteiger partial charge < -0.3 is 5.11 Å². The summed E-state index contributed by atoms with van der Waals surface area (Å²) in [7, 11) is 0. The van der Waals surface area contributed by atoms with Crippen LogP contribution in [0, 0.1) is 0 Å². The molecule has 1 N–H and O–H groups in total. The van der Waals surface area contributed by atoms with Crippen LogP contribution in [-0.4, -0.2) is 34.9 Å². The minimum atomic E-state index is -0.0517. The number of phenols is 1. The minimum absolute atomic E-state index is 0.0517. The topological polar surface area (TPSA) is 40.5 Å². The first-order valence-corrected chi connectivity index (χ1v) is 9.20. The molecule has 1 heterocycles. The first kappa shape index (κ1) is 16.2. The summed E-state index contributed by atoms with van der Waals surface area (Å²) in [6.07, 6.45) is 3.61. The third kappa shape index (κ3) is 3.48. The van der Waals surface area contributed by atoms with Crippen molar-refractivity contribution < 1.29 is 9.90 Å². The Morgan fingerprint density at radius 2 is 2.13 bits per heavy atom. The van der Waals surface area contributed by atoms with Gasteiger partial charge in [-0.15, -0.1) is 11.3 Å². The van der Waals surface area contributed by atoms with E-state index in [0.717, 1.165) is 44.3 Å². The molecule has 0 aliphatic heterocycles. The van der Waals surface area contributed by atoms with E-state index in [1.807, 2.05) is 6.07 Å². The second-order valence-electron chi connectivity index (χ2n) is 6.09. The van der Waals surface area contributed by atoms with Crippen LogP contribution >= 0.6 is 11.3 Å². The summed E-state index contributed by atoms with van der Waals surface area (Å²) < 4.78 is 0. The Bertz CT molecular complexity index is 666. The summed E-state index contributed by atoms with van der Waals surface area (Å²) in [5.41, 5.74) is 1.53.